The van der Waals surface area contributed by atoms with Gasteiger partial charge >= 0.3 is 5.97 Å². The molecular weight excluding hydrogens is 322 g/mol. The fourth-order valence-corrected chi connectivity index (χ4v) is 4.67. The molecule has 4 rings (SSSR count). The van der Waals surface area contributed by atoms with Crippen LogP contribution in [-0.4, -0.2) is 24.2 Å². The van der Waals surface area contributed by atoms with Crippen molar-refractivity contribution in [2.45, 2.75) is 18.5 Å². The fraction of sp³-hybridized carbons (Fsp3) is 0.211. The number of nitrogens with one attached hydrogen (secondary N) is 1. The Kier molecular flexibility index (Phi) is 3.75. The van der Waals surface area contributed by atoms with E-state index >= 15 is 0 Å². The van der Waals surface area contributed by atoms with Crippen molar-refractivity contribution in [3.63, 3.8) is 0 Å². The molecule has 1 aliphatic heterocycles. The number of hydrogen-bond acceptors (Lipinski definition) is 5. The third-order valence-corrected chi connectivity index (χ3v) is 5.73. The first-order valence-corrected chi connectivity index (χ1v) is 8.62. The fourth-order valence-electron chi connectivity index (χ4n) is 3.35. The molecular formula is C19H17NO3S. The van der Waals surface area contributed by atoms with E-state index in [-0.39, 0.29) is 17.8 Å². The second-order valence-corrected chi connectivity index (χ2v) is 7.00. The summed E-state index contributed by atoms with van der Waals surface area (Å²) in [5.74, 6) is -0.0433. The molecule has 0 radical (unpaired) electrons. The predicted octanol–water partition coefficient (Wildman–Crippen LogP) is 3.38. The van der Waals surface area contributed by atoms with Gasteiger partial charge in [0, 0.05) is 16.0 Å². The molecule has 4 nitrogen and oxygen atoms in total. The first kappa shape index (κ1) is 15.2. The Morgan fingerprint density at radius 2 is 2.08 bits per heavy atom. The highest BCUT2D eigenvalue weighted by Gasteiger charge is 2.34. The van der Waals surface area contributed by atoms with Crippen LogP contribution in [0.15, 0.2) is 48.5 Å². The number of methoxy groups -OCH3 is 1. The van der Waals surface area contributed by atoms with Crippen LogP contribution in [0.25, 0.3) is 10.1 Å². The Labute approximate surface area is 143 Å². The van der Waals surface area contributed by atoms with Gasteiger partial charge in [-0.3, -0.25) is 10.1 Å². The molecule has 0 amide bonds. The molecule has 0 unspecified atom stereocenters. The molecule has 24 heavy (non-hydrogen) atoms. The lowest BCUT2D eigenvalue weighted by Gasteiger charge is -2.30. The van der Waals surface area contributed by atoms with Gasteiger partial charge in [-0.15, -0.1) is 11.3 Å². The van der Waals surface area contributed by atoms with Crippen LogP contribution in [0.3, 0.4) is 0 Å². The topological polar surface area (TPSA) is 58.6 Å². The van der Waals surface area contributed by atoms with Crippen LogP contribution < -0.4 is 5.32 Å². The van der Waals surface area contributed by atoms with Gasteiger partial charge < -0.3 is 9.84 Å². The van der Waals surface area contributed by atoms with E-state index in [0.29, 0.717) is 6.42 Å². The van der Waals surface area contributed by atoms with Crippen LogP contribution in [0.2, 0.25) is 0 Å². The smallest absolute Gasteiger partial charge is 0.323 e. The van der Waals surface area contributed by atoms with Crippen LogP contribution in [0, 0.1) is 0 Å². The van der Waals surface area contributed by atoms with Gasteiger partial charge in [-0.1, -0.05) is 30.3 Å². The molecule has 1 aromatic heterocycles. The van der Waals surface area contributed by atoms with E-state index in [0.717, 1.165) is 5.56 Å². The Morgan fingerprint density at radius 1 is 1.25 bits per heavy atom. The number of benzene rings is 2. The zero-order chi connectivity index (χ0) is 16.7. The van der Waals surface area contributed by atoms with E-state index in [9.17, 15) is 9.90 Å². The molecule has 0 bridgehead atoms. The van der Waals surface area contributed by atoms with E-state index in [4.69, 9.17) is 4.74 Å². The molecule has 2 heterocycles. The summed E-state index contributed by atoms with van der Waals surface area (Å²) in [6.07, 6.45) is 0.612. The molecule has 0 saturated carbocycles. The third kappa shape index (κ3) is 2.46. The number of fused-ring (bicyclic) bond motifs is 3. The Morgan fingerprint density at radius 3 is 2.88 bits per heavy atom. The van der Waals surface area contributed by atoms with E-state index in [2.05, 4.69) is 17.4 Å². The largest absolute Gasteiger partial charge is 0.508 e. The highest BCUT2D eigenvalue weighted by atomic mass is 32.1. The number of phenolic OH excluding ortho intramolecular Hbond substituents is 1. The lowest BCUT2D eigenvalue weighted by atomic mass is 9.91. The summed E-state index contributed by atoms with van der Waals surface area (Å²) in [6, 6.07) is 14.9. The average molecular weight is 339 g/mol. The lowest BCUT2D eigenvalue weighted by molar-refractivity contribution is -0.143. The zero-order valence-electron chi connectivity index (χ0n) is 13.2. The molecule has 122 valence electrons. The summed E-state index contributed by atoms with van der Waals surface area (Å²) in [5.41, 5.74) is 2.13. The monoisotopic (exact) mass is 339 g/mol. The molecule has 3 aromatic rings. The van der Waals surface area contributed by atoms with Gasteiger partial charge in [0.2, 0.25) is 0 Å². The molecule has 1 aliphatic rings. The Balaban J connectivity index is 1.88. The zero-order valence-corrected chi connectivity index (χ0v) is 14.0. The Bertz CT molecular complexity index is 918. The van der Waals surface area contributed by atoms with Gasteiger partial charge in [-0.25, -0.2) is 0 Å². The minimum absolute atomic E-state index is 0.137. The number of ether oxygens (including phenoxy) is 1. The molecule has 0 saturated heterocycles. The Hall–Kier alpha value is -2.37. The van der Waals surface area contributed by atoms with Gasteiger partial charge in [0.15, 0.2) is 0 Å². The molecule has 2 aromatic carbocycles. The van der Waals surface area contributed by atoms with Gasteiger partial charge in [-0.2, -0.15) is 0 Å². The quantitative estimate of drug-likeness (QED) is 0.703. The summed E-state index contributed by atoms with van der Waals surface area (Å²) in [7, 11) is 1.41. The number of aromatic hydroxyl groups is 1. The molecule has 0 aliphatic carbocycles. The van der Waals surface area contributed by atoms with Gasteiger partial charge in [-0.05, 0) is 34.7 Å². The highest BCUT2D eigenvalue weighted by Crippen LogP contribution is 2.41. The normalized spacial score (nSPS) is 19.9. The van der Waals surface area contributed by atoms with Crippen molar-refractivity contribution >= 4 is 27.4 Å². The van der Waals surface area contributed by atoms with Gasteiger partial charge in [0.25, 0.3) is 0 Å². The van der Waals surface area contributed by atoms with E-state index in [1.165, 1.54) is 27.6 Å². The molecule has 2 N–H and O–H groups in total. The SMILES string of the molecule is COC(=O)[C@H]1Cc2c(sc3ccccc23)[C@@H](c2cccc(O)c2)N1. The van der Waals surface area contributed by atoms with Crippen molar-refractivity contribution in [3.8, 4) is 5.75 Å². The van der Waals surface area contributed by atoms with Crippen LogP contribution in [0.5, 0.6) is 5.75 Å². The number of carbonyl (C=O) groups is 1. The van der Waals surface area contributed by atoms with E-state index in [1.54, 1.807) is 23.5 Å². The van der Waals surface area contributed by atoms with Crippen LogP contribution in [0.4, 0.5) is 0 Å². The van der Waals surface area contributed by atoms with Gasteiger partial charge in [0.05, 0.1) is 13.2 Å². The summed E-state index contributed by atoms with van der Waals surface area (Å²) in [5, 5.41) is 14.4. The number of carbonyl (C=O) groups excluding carboxylic acids is 1. The summed E-state index contributed by atoms with van der Waals surface area (Å²) >= 11 is 1.73. The standard InChI is InChI=1S/C19H17NO3S/c1-23-19(22)15-10-14-13-7-2-3-8-16(13)24-18(14)17(20-15)11-5-4-6-12(21)9-11/h2-9,15,17,20-21H,10H2,1H3/t15-,17-/m1/s1. The summed E-state index contributed by atoms with van der Waals surface area (Å²) in [4.78, 5) is 13.3. The number of thiophene rings is 1. The molecule has 5 heteroatoms. The van der Waals surface area contributed by atoms with Crippen molar-refractivity contribution in [2.75, 3.05) is 7.11 Å². The van der Waals surface area contributed by atoms with Crippen molar-refractivity contribution < 1.29 is 14.6 Å². The number of phenols is 1. The molecule has 0 spiro atoms. The molecule has 2 atom stereocenters. The maximum absolute atomic E-state index is 12.1. The maximum Gasteiger partial charge on any atom is 0.323 e. The minimum Gasteiger partial charge on any atom is -0.508 e. The van der Waals surface area contributed by atoms with Crippen molar-refractivity contribution in [3.05, 3.63) is 64.5 Å². The van der Waals surface area contributed by atoms with Gasteiger partial charge in [0.1, 0.15) is 11.8 Å². The second kappa shape index (κ2) is 5.92. The first-order valence-electron chi connectivity index (χ1n) is 7.80. The minimum atomic E-state index is -0.396. The third-order valence-electron chi connectivity index (χ3n) is 4.46. The molecule has 0 fully saturated rings. The summed E-state index contributed by atoms with van der Waals surface area (Å²) in [6.45, 7) is 0. The summed E-state index contributed by atoms with van der Waals surface area (Å²) < 4.78 is 6.16. The van der Waals surface area contributed by atoms with Crippen LogP contribution in [0.1, 0.15) is 22.0 Å². The van der Waals surface area contributed by atoms with Crippen LogP contribution in [-0.2, 0) is 16.0 Å². The van der Waals surface area contributed by atoms with E-state index in [1.807, 2.05) is 24.3 Å². The van der Waals surface area contributed by atoms with Crippen LogP contribution >= 0.6 is 11.3 Å². The predicted molar refractivity (Wildman–Crippen MR) is 94.4 cm³/mol. The maximum atomic E-state index is 12.1. The number of rotatable bonds is 2. The van der Waals surface area contributed by atoms with E-state index < -0.39 is 6.04 Å². The highest BCUT2D eigenvalue weighted by molar-refractivity contribution is 7.19. The average Bonchev–Trinajstić information content (AvgIpc) is 2.99. The van der Waals surface area contributed by atoms with Crippen molar-refractivity contribution in [1.82, 2.24) is 5.32 Å². The number of hydrogen-bond donors (Lipinski definition) is 2. The first-order chi connectivity index (χ1) is 11.7. The van der Waals surface area contributed by atoms with Crippen molar-refractivity contribution in [2.24, 2.45) is 0 Å². The van der Waals surface area contributed by atoms with Crippen molar-refractivity contribution in [1.29, 1.82) is 0 Å². The number of esters is 1. The lowest BCUT2D eigenvalue weighted by Crippen LogP contribution is -2.45. The second-order valence-electron chi connectivity index (χ2n) is 5.92.